The van der Waals surface area contributed by atoms with Crippen LogP contribution in [0.1, 0.15) is 104 Å². The van der Waals surface area contributed by atoms with Gasteiger partial charge in [-0.15, -0.1) is 0 Å². The first-order valence-electron chi connectivity index (χ1n) is 22.9. The van der Waals surface area contributed by atoms with E-state index in [-0.39, 0.29) is 54.3 Å². The fraction of sp³-hybridized carbons (Fsp3) is 0.420. The zero-order valence-electron chi connectivity index (χ0n) is 37.6. The number of pyridine rings is 1. The van der Waals surface area contributed by atoms with E-state index in [0.717, 1.165) is 104 Å². The molecule has 1 atom stereocenters. The molecule has 3 fully saturated rings. The van der Waals surface area contributed by atoms with Gasteiger partial charge in [0.05, 0.1) is 30.4 Å². The van der Waals surface area contributed by atoms with E-state index in [0.29, 0.717) is 28.7 Å². The van der Waals surface area contributed by atoms with Crippen LogP contribution in [0.25, 0.3) is 27.6 Å². The molecule has 4 aliphatic rings. The van der Waals surface area contributed by atoms with E-state index in [1.54, 1.807) is 48.5 Å². The number of fused-ring (bicyclic) bond motifs is 2. The summed E-state index contributed by atoms with van der Waals surface area (Å²) in [6.07, 6.45) is 16.1. The van der Waals surface area contributed by atoms with E-state index >= 15 is 0 Å². The minimum Gasteiger partial charge on any atom is -0.497 e. The molecule has 1 N–H and O–H groups in total. The number of rotatable bonds is 10. The number of nitrogens with one attached hydrogen (secondary N) is 1. The summed E-state index contributed by atoms with van der Waals surface area (Å²) in [5, 5.41) is 4.16. The fourth-order valence-corrected chi connectivity index (χ4v) is 10.8. The lowest BCUT2D eigenvalue weighted by atomic mass is 9.68. The number of benzene rings is 2. The van der Waals surface area contributed by atoms with Crippen molar-refractivity contribution in [1.29, 1.82) is 0 Å². The molecular weight excluding hydrogens is 821 g/mol. The molecule has 2 aliphatic carbocycles. The Morgan fingerprint density at radius 2 is 1.69 bits per heavy atom. The van der Waals surface area contributed by atoms with Crippen LogP contribution in [0.15, 0.2) is 83.9 Å². The number of nitrogens with zero attached hydrogens (tertiary/aromatic N) is 9. The van der Waals surface area contributed by atoms with Crippen molar-refractivity contribution in [2.24, 2.45) is 12.5 Å². The number of amides is 3. The molecule has 0 unspecified atom stereocenters. The third-order valence-electron chi connectivity index (χ3n) is 14.5. The molecule has 2 aromatic carbocycles. The van der Waals surface area contributed by atoms with Gasteiger partial charge in [-0.3, -0.25) is 28.4 Å². The number of allylic oxidation sites excluding steroid dienone is 2. The van der Waals surface area contributed by atoms with Gasteiger partial charge < -0.3 is 24.4 Å². The molecular formula is C50H56N10O5. The highest BCUT2D eigenvalue weighted by Crippen LogP contribution is 2.47. The Hall–Kier alpha value is -6.77. The van der Waals surface area contributed by atoms with Crippen molar-refractivity contribution in [3.63, 3.8) is 0 Å². The molecule has 2 saturated heterocycles. The van der Waals surface area contributed by atoms with Gasteiger partial charge >= 0.3 is 5.69 Å². The number of imide groups is 1. The Morgan fingerprint density at radius 1 is 0.908 bits per heavy atom. The maximum absolute atomic E-state index is 14.0. The number of carbonyl (C=O) groups excluding carboxylic acids is 3. The van der Waals surface area contributed by atoms with Crippen LogP contribution in [-0.4, -0.2) is 90.5 Å². The average Bonchev–Trinajstić information content (AvgIpc) is 4.05. The van der Waals surface area contributed by atoms with Crippen molar-refractivity contribution in [3.05, 3.63) is 106 Å². The largest absolute Gasteiger partial charge is 0.497 e. The normalized spacial score (nSPS) is 19.1. The number of anilines is 3. The number of imidazole rings is 1. The van der Waals surface area contributed by atoms with E-state index in [9.17, 15) is 19.2 Å². The van der Waals surface area contributed by atoms with Crippen molar-refractivity contribution < 1.29 is 19.1 Å². The minimum atomic E-state index is -0.771. The molecule has 1 saturated carbocycles. The molecule has 336 valence electrons. The number of methoxy groups -OCH3 is 1. The van der Waals surface area contributed by atoms with Gasteiger partial charge in [0, 0.05) is 64.5 Å². The summed E-state index contributed by atoms with van der Waals surface area (Å²) in [4.78, 5) is 73.8. The Kier molecular flexibility index (Phi) is 11.0. The lowest BCUT2D eigenvalue weighted by molar-refractivity contribution is -0.151. The summed E-state index contributed by atoms with van der Waals surface area (Å²) in [6.45, 7) is 1.87. The Balaban J connectivity index is 0.803. The second-order valence-electron chi connectivity index (χ2n) is 18.6. The molecule has 2 aliphatic heterocycles. The Bertz CT molecular complexity index is 2900. The third kappa shape index (κ3) is 7.74. The predicted molar refractivity (Wildman–Crippen MR) is 250 cm³/mol. The highest BCUT2D eigenvalue weighted by atomic mass is 16.5. The van der Waals surface area contributed by atoms with Crippen LogP contribution in [0.3, 0.4) is 0 Å². The van der Waals surface area contributed by atoms with E-state index in [1.165, 1.54) is 10.5 Å². The highest BCUT2D eigenvalue weighted by Gasteiger charge is 2.39. The number of hydrogen-bond acceptors (Lipinski definition) is 10. The van der Waals surface area contributed by atoms with Crippen LogP contribution < -0.4 is 20.6 Å². The Morgan fingerprint density at radius 3 is 2.38 bits per heavy atom. The van der Waals surface area contributed by atoms with Crippen LogP contribution in [0.4, 0.5) is 17.5 Å². The number of likely N-dealkylation sites (tertiary alicyclic amines) is 1. The minimum absolute atomic E-state index is 0.0320. The molecule has 1 spiro atoms. The van der Waals surface area contributed by atoms with E-state index < -0.39 is 6.04 Å². The SMILES string of the molecule is COc1ccc(CN2C(=O)CC[C@@H](n3c(=O)n(C)c4c(N5CCC6(CC=C(c7ccc(Nc8ncc9cc(C(=O)N(C)C)n(C%10CCCC%10)c9n8)nc7)CC6)CC5)cccc43)C2=O)cc1. The Labute approximate surface area is 377 Å². The molecule has 3 amide bonds. The van der Waals surface area contributed by atoms with Crippen LogP contribution in [0.5, 0.6) is 5.75 Å². The average molecular weight is 877 g/mol. The van der Waals surface area contributed by atoms with Gasteiger partial charge in [0.15, 0.2) is 0 Å². The molecule has 15 heteroatoms. The zero-order chi connectivity index (χ0) is 45.0. The summed E-state index contributed by atoms with van der Waals surface area (Å²) in [6, 6.07) is 18.8. The number of carbonyl (C=O) groups is 3. The van der Waals surface area contributed by atoms with Crippen molar-refractivity contribution in [2.45, 2.75) is 89.3 Å². The molecule has 6 aromatic rings. The number of aryl methyl sites for hydroxylation is 1. The van der Waals surface area contributed by atoms with Gasteiger partial charge in [-0.05, 0) is 116 Å². The second-order valence-corrected chi connectivity index (χ2v) is 18.6. The molecule has 0 bridgehead atoms. The van der Waals surface area contributed by atoms with Gasteiger partial charge in [0.25, 0.3) is 11.8 Å². The van der Waals surface area contributed by atoms with Crippen LogP contribution in [0, 0.1) is 5.41 Å². The van der Waals surface area contributed by atoms with Crippen LogP contribution in [-0.2, 0) is 23.2 Å². The van der Waals surface area contributed by atoms with E-state index in [4.69, 9.17) is 14.7 Å². The summed E-state index contributed by atoms with van der Waals surface area (Å²) < 4.78 is 10.7. The standard InChI is InChI=1S/C50H56N10O5/c1-55(2)46(62)41-28-35-30-52-48(54-45(35)59(41)36-8-5-6-9-36)53-42-18-14-34(29-51-42)33-20-22-50(23-21-33)24-26-57(27-25-50)38-10-7-11-39-44(38)56(3)49(64)60(39)40-17-19-43(61)58(47(40)63)31-32-12-15-37(65-4)16-13-32/h7,10-16,18,20,28-30,36,40H,5-6,8-9,17,19,21-27,31H2,1-4H3,(H,51,52,53,54)/t40-/m1/s1. The maximum atomic E-state index is 14.0. The first-order chi connectivity index (χ1) is 31.5. The number of ether oxygens (including phenoxy) is 1. The first kappa shape index (κ1) is 42.2. The zero-order valence-corrected chi connectivity index (χ0v) is 37.6. The highest BCUT2D eigenvalue weighted by molar-refractivity contribution is 6.01. The van der Waals surface area contributed by atoms with Gasteiger partial charge in [0.2, 0.25) is 11.9 Å². The van der Waals surface area contributed by atoms with E-state index in [2.05, 4.69) is 38.0 Å². The lowest BCUT2D eigenvalue weighted by Gasteiger charge is -2.44. The van der Waals surface area contributed by atoms with Gasteiger partial charge in [0.1, 0.15) is 29.0 Å². The summed E-state index contributed by atoms with van der Waals surface area (Å²) >= 11 is 0. The number of aromatic nitrogens is 6. The van der Waals surface area contributed by atoms with Gasteiger partial charge in [-0.1, -0.05) is 37.1 Å². The van der Waals surface area contributed by atoms with E-state index in [1.807, 2.05) is 54.7 Å². The molecule has 65 heavy (non-hydrogen) atoms. The second kappa shape index (κ2) is 17.0. The number of para-hydroxylation sites is 1. The fourth-order valence-electron chi connectivity index (χ4n) is 10.8. The van der Waals surface area contributed by atoms with Crippen LogP contribution in [0.2, 0.25) is 0 Å². The molecule has 6 heterocycles. The van der Waals surface area contributed by atoms with Gasteiger partial charge in [-0.2, -0.15) is 4.98 Å². The van der Waals surface area contributed by atoms with Gasteiger partial charge in [-0.25, -0.2) is 14.8 Å². The third-order valence-corrected chi connectivity index (χ3v) is 14.5. The van der Waals surface area contributed by atoms with Crippen molar-refractivity contribution >= 4 is 62.8 Å². The molecule has 4 aromatic heterocycles. The topological polar surface area (TPSA) is 153 Å². The first-order valence-corrected chi connectivity index (χ1v) is 22.9. The summed E-state index contributed by atoms with van der Waals surface area (Å²) in [7, 11) is 6.94. The number of piperidine rings is 2. The molecule has 0 radical (unpaired) electrons. The molecule has 15 nitrogen and oxygen atoms in total. The van der Waals surface area contributed by atoms with Crippen molar-refractivity contribution in [3.8, 4) is 5.75 Å². The lowest BCUT2D eigenvalue weighted by Crippen LogP contribution is -2.47. The summed E-state index contributed by atoms with van der Waals surface area (Å²) in [5.74, 6) is 1.19. The quantitative estimate of drug-likeness (QED) is 0.135. The maximum Gasteiger partial charge on any atom is 0.329 e. The monoisotopic (exact) mass is 876 g/mol. The summed E-state index contributed by atoms with van der Waals surface area (Å²) in [5.41, 5.74) is 7.13. The number of hydrogen-bond donors (Lipinski definition) is 1. The smallest absolute Gasteiger partial charge is 0.329 e. The van der Waals surface area contributed by atoms with Crippen molar-refractivity contribution in [1.82, 2.24) is 38.5 Å². The van der Waals surface area contributed by atoms with Crippen LogP contribution >= 0.6 is 0 Å². The predicted octanol–water partition coefficient (Wildman–Crippen LogP) is 7.79. The van der Waals surface area contributed by atoms with Crippen molar-refractivity contribution in [2.75, 3.05) is 44.5 Å². The molecule has 10 rings (SSSR count).